The molecule has 2 rings (SSSR count). The van der Waals surface area contributed by atoms with Crippen LogP contribution >= 0.6 is 11.6 Å². The number of phenols is 1. The Morgan fingerprint density at radius 2 is 1.50 bits per heavy atom. The number of anilines is 5. The Morgan fingerprint density at radius 1 is 1.00 bits per heavy atom. The van der Waals surface area contributed by atoms with Crippen LogP contribution in [0.15, 0.2) is 12.1 Å². The first kappa shape index (κ1) is 15.4. The van der Waals surface area contributed by atoms with E-state index in [9.17, 15) is 5.11 Å². The number of aryl methyl sites for hydroxylation is 1. The zero-order valence-corrected chi connectivity index (χ0v) is 11.5. The summed E-state index contributed by atoms with van der Waals surface area (Å²) in [6.07, 6.45) is 0. The van der Waals surface area contributed by atoms with Crippen molar-refractivity contribution < 1.29 is 5.11 Å². The average molecular weight is 298 g/mol. The maximum absolute atomic E-state index is 9.18. The maximum atomic E-state index is 9.18. The minimum Gasteiger partial charge on any atom is -0.506 e. The van der Waals surface area contributed by atoms with Gasteiger partial charge in [-0.15, -0.1) is 0 Å². The number of benzene rings is 1. The average Bonchev–Trinajstić information content (AvgIpc) is 2.39. The quantitative estimate of drug-likeness (QED) is 0.385. The molecule has 0 aliphatic carbocycles. The molecule has 1 aromatic heterocycles. The van der Waals surface area contributed by atoms with Gasteiger partial charge in [-0.2, -0.15) is 9.97 Å². The monoisotopic (exact) mass is 297 g/mol. The molecule has 108 valence electrons. The molecule has 0 saturated carbocycles. The molecule has 0 unspecified atom stereocenters. The van der Waals surface area contributed by atoms with Gasteiger partial charge in [0.2, 0.25) is 5.95 Å². The Balaban J connectivity index is 0.000000200. The second kappa shape index (κ2) is 6.02. The number of hydrogen-bond donors (Lipinski definition) is 6. The van der Waals surface area contributed by atoms with E-state index >= 15 is 0 Å². The van der Waals surface area contributed by atoms with Gasteiger partial charge in [0.1, 0.15) is 16.5 Å². The zero-order valence-electron chi connectivity index (χ0n) is 10.8. The SMILES string of the molecule is Cc1ccc(N)c(Cl)c1O.Nc1nc(N)c(N)c(N)n1. The van der Waals surface area contributed by atoms with Crippen molar-refractivity contribution in [1.82, 2.24) is 9.97 Å². The third-order valence-electron chi connectivity index (χ3n) is 2.37. The van der Waals surface area contributed by atoms with Crippen LogP contribution in [0.25, 0.3) is 0 Å². The van der Waals surface area contributed by atoms with E-state index in [2.05, 4.69) is 9.97 Å². The molecule has 20 heavy (non-hydrogen) atoms. The molecule has 0 aliphatic heterocycles. The Kier molecular flexibility index (Phi) is 4.65. The predicted molar refractivity (Wildman–Crippen MR) is 81.9 cm³/mol. The van der Waals surface area contributed by atoms with Crippen molar-refractivity contribution in [1.29, 1.82) is 0 Å². The van der Waals surface area contributed by atoms with E-state index in [-0.39, 0.29) is 34.0 Å². The lowest BCUT2D eigenvalue weighted by Gasteiger charge is -2.02. The van der Waals surface area contributed by atoms with Crippen LogP contribution in [0.5, 0.6) is 5.75 Å². The van der Waals surface area contributed by atoms with E-state index in [1.807, 2.05) is 0 Å². The Morgan fingerprint density at radius 3 is 1.95 bits per heavy atom. The fourth-order valence-electron chi connectivity index (χ4n) is 1.20. The number of phenolic OH excluding ortho intramolecular Hbond substituents is 1. The number of rotatable bonds is 0. The van der Waals surface area contributed by atoms with Crippen molar-refractivity contribution in [2.45, 2.75) is 6.92 Å². The van der Waals surface area contributed by atoms with Gasteiger partial charge < -0.3 is 33.8 Å². The lowest BCUT2D eigenvalue weighted by Crippen LogP contribution is -2.07. The van der Waals surface area contributed by atoms with Crippen LogP contribution in [-0.4, -0.2) is 15.1 Å². The van der Waals surface area contributed by atoms with Gasteiger partial charge in [0.25, 0.3) is 0 Å². The van der Waals surface area contributed by atoms with Crippen LogP contribution in [0.4, 0.5) is 29.0 Å². The summed E-state index contributed by atoms with van der Waals surface area (Å²) in [5.41, 5.74) is 27.8. The predicted octanol–water partition coefficient (Wildman–Crippen LogP) is 0.742. The van der Waals surface area contributed by atoms with E-state index < -0.39 is 0 Å². The maximum Gasteiger partial charge on any atom is 0.224 e. The zero-order chi connectivity index (χ0) is 15.4. The van der Waals surface area contributed by atoms with Gasteiger partial charge in [0, 0.05) is 0 Å². The molecule has 2 aromatic rings. The molecule has 0 bridgehead atoms. The standard InChI is InChI=1S/C7H8ClNO.C4H8N6/c1-4-2-3-5(9)6(8)7(4)10;5-1-2(6)9-4(8)10-3(1)7/h2-3,10H,9H2,1H3;5H2,(H6,6,7,8,9,10). The molecular weight excluding hydrogens is 282 g/mol. The first-order chi connectivity index (χ1) is 9.23. The van der Waals surface area contributed by atoms with Crippen molar-refractivity contribution in [2.24, 2.45) is 0 Å². The van der Waals surface area contributed by atoms with E-state index in [4.69, 9.17) is 40.3 Å². The van der Waals surface area contributed by atoms with Gasteiger partial charge in [0.05, 0.1) is 5.69 Å². The first-order valence-electron chi connectivity index (χ1n) is 5.41. The summed E-state index contributed by atoms with van der Waals surface area (Å²) in [6.45, 7) is 1.76. The second-order valence-corrected chi connectivity index (χ2v) is 4.28. The fraction of sp³-hybridized carbons (Fsp3) is 0.0909. The van der Waals surface area contributed by atoms with Gasteiger partial charge in [-0.3, -0.25) is 0 Å². The van der Waals surface area contributed by atoms with Crippen LogP contribution < -0.4 is 28.7 Å². The molecule has 0 radical (unpaired) electrons. The van der Waals surface area contributed by atoms with Gasteiger partial charge in [-0.25, -0.2) is 0 Å². The third-order valence-corrected chi connectivity index (χ3v) is 2.77. The number of hydrogen-bond acceptors (Lipinski definition) is 8. The molecule has 0 spiro atoms. The summed E-state index contributed by atoms with van der Waals surface area (Å²) < 4.78 is 0. The summed E-state index contributed by atoms with van der Waals surface area (Å²) in [7, 11) is 0. The van der Waals surface area contributed by atoms with Crippen molar-refractivity contribution >= 4 is 40.6 Å². The van der Waals surface area contributed by atoms with Crippen LogP contribution in [0.1, 0.15) is 5.56 Å². The van der Waals surface area contributed by atoms with E-state index in [0.717, 1.165) is 5.56 Å². The molecule has 11 N–H and O–H groups in total. The van der Waals surface area contributed by atoms with Crippen molar-refractivity contribution in [3.8, 4) is 5.75 Å². The number of nitrogens with two attached hydrogens (primary N) is 5. The third kappa shape index (κ3) is 3.45. The normalized spacial score (nSPS) is 9.70. The second-order valence-electron chi connectivity index (χ2n) is 3.90. The van der Waals surface area contributed by atoms with Crippen LogP contribution in [-0.2, 0) is 0 Å². The lowest BCUT2D eigenvalue weighted by atomic mass is 10.2. The minimum absolute atomic E-state index is 0.0317. The smallest absolute Gasteiger partial charge is 0.224 e. The molecule has 0 aliphatic rings. The number of halogens is 1. The fourth-order valence-corrected chi connectivity index (χ4v) is 1.41. The van der Waals surface area contributed by atoms with Gasteiger partial charge in [-0.1, -0.05) is 17.7 Å². The molecular formula is C11H16ClN7O. The highest BCUT2D eigenvalue weighted by atomic mass is 35.5. The van der Waals surface area contributed by atoms with Crippen LogP contribution in [0.2, 0.25) is 5.02 Å². The highest BCUT2D eigenvalue weighted by molar-refractivity contribution is 6.34. The lowest BCUT2D eigenvalue weighted by molar-refractivity contribution is 0.472. The Bertz CT molecular complexity index is 582. The van der Waals surface area contributed by atoms with Crippen LogP contribution in [0.3, 0.4) is 0 Å². The molecule has 9 heteroatoms. The highest BCUT2D eigenvalue weighted by Crippen LogP contribution is 2.31. The first-order valence-corrected chi connectivity index (χ1v) is 5.79. The van der Waals surface area contributed by atoms with Gasteiger partial charge in [0.15, 0.2) is 11.6 Å². The Labute approximate surface area is 120 Å². The number of aromatic nitrogens is 2. The molecule has 0 fully saturated rings. The molecule has 0 saturated heterocycles. The number of nitrogens with zero attached hydrogens (tertiary/aromatic N) is 2. The summed E-state index contributed by atoms with van der Waals surface area (Å²) >= 11 is 5.61. The van der Waals surface area contributed by atoms with Gasteiger partial charge in [-0.05, 0) is 18.6 Å². The summed E-state index contributed by atoms with van der Waals surface area (Å²) in [6, 6.07) is 3.38. The summed E-state index contributed by atoms with van der Waals surface area (Å²) in [5.74, 6) is 0.334. The molecule has 0 atom stereocenters. The Hall–Kier alpha value is -2.61. The largest absolute Gasteiger partial charge is 0.506 e. The topological polar surface area (TPSA) is 176 Å². The number of aromatic hydroxyl groups is 1. The summed E-state index contributed by atoms with van der Waals surface area (Å²) in [4.78, 5) is 7.15. The van der Waals surface area contributed by atoms with Gasteiger partial charge >= 0.3 is 0 Å². The van der Waals surface area contributed by atoms with Crippen molar-refractivity contribution in [3.63, 3.8) is 0 Å². The molecule has 1 heterocycles. The molecule has 8 nitrogen and oxygen atoms in total. The molecule has 1 aromatic carbocycles. The van der Waals surface area contributed by atoms with Crippen molar-refractivity contribution in [3.05, 3.63) is 22.7 Å². The highest BCUT2D eigenvalue weighted by Gasteiger charge is 2.04. The van der Waals surface area contributed by atoms with E-state index in [0.29, 0.717) is 5.69 Å². The van der Waals surface area contributed by atoms with Crippen LogP contribution in [0, 0.1) is 6.92 Å². The van der Waals surface area contributed by atoms with Crippen molar-refractivity contribution in [2.75, 3.05) is 28.7 Å². The van der Waals surface area contributed by atoms with E-state index in [1.165, 1.54) is 0 Å². The minimum atomic E-state index is 0.0317. The number of nitrogen functional groups attached to an aromatic ring is 5. The molecule has 0 amide bonds. The summed E-state index contributed by atoms with van der Waals surface area (Å²) in [5, 5.41) is 9.41. The van der Waals surface area contributed by atoms with E-state index in [1.54, 1.807) is 19.1 Å².